The zero-order chi connectivity index (χ0) is 14.1. The van der Waals surface area contributed by atoms with Gasteiger partial charge in [0.2, 0.25) is 5.91 Å². The Morgan fingerprint density at radius 3 is 2.68 bits per heavy atom. The minimum Gasteiger partial charge on any atom is -0.388 e. The van der Waals surface area contributed by atoms with Gasteiger partial charge in [-0.15, -0.1) is 0 Å². The summed E-state index contributed by atoms with van der Waals surface area (Å²) in [5.41, 5.74) is 2.43. The molecule has 0 spiro atoms. The van der Waals surface area contributed by atoms with Gasteiger partial charge >= 0.3 is 0 Å². The van der Waals surface area contributed by atoms with Crippen LogP contribution in [0.25, 0.3) is 0 Å². The van der Waals surface area contributed by atoms with Gasteiger partial charge in [0.1, 0.15) is 0 Å². The van der Waals surface area contributed by atoms with Crippen molar-refractivity contribution in [1.29, 1.82) is 0 Å². The Kier molecular flexibility index (Phi) is 7.01. The third-order valence-electron chi connectivity index (χ3n) is 3.18. The molecule has 0 fully saturated rings. The summed E-state index contributed by atoms with van der Waals surface area (Å²) in [5, 5.41) is 6.15. The third kappa shape index (κ3) is 6.27. The van der Waals surface area contributed by atoms with E-state index in [4.69, 9.17) is 0 Å². The molecule has 0 unspecified atom stereocenters. The lowest BCUT2D eigenvalue weighted by molar-refractivity contribution is -0.121. The van der Waals surface area contributed by atoms with Crippen LogP contribution in [0.4, 0.5) is 5.69 Å². The third-order valence-corrected chi connectivity index (χ3v) is 3.18. The number of aryl methyl sites for hydroxylation is 1. The van der Waals surface area contributed by atoms with Crippen LogP contribution in [0.3, 0.4) is 0 Å². The molecule has 0 aliphatic rings. The molecule has 1 rings (SSSR count). The van der Waals surface area contributed by atoms with Gasteiger partial charge in [0.25, 0.3) is 0 Å². The molecule has 19 heavy (non-hydrogen) atoms. The van der Waals surface area contributed by atoms with E-state index < -0.39 is 0 Å². The Bertz CT molecular complexity index is 388. The van der Waals surface area contributed by atoms with Crippen molar-refractivity contribution in [2.45, 2.75) is 39.5 Å². The predicted octanol–water partition coefficient (Wildman–Crippen LogP) is 3.21. The van der Waals surface area contributed by atoms with E-state index in [9.17, 15) is 4.79 Å². The molecule has 0 bridgehead atoms. The average Bonchev–Trinajstić information content (AvgIpc) is 2.39. The minimum atomic E-state index is 0.169. The second-order valence-corrected chi connectivity index (χ2v) is 5.29. The molecule has 2 N–H and O–H groups in total. The maximum Gasteiger partial charge on any atom is 0.220 e. The first-order chi connectivity index (χ1) is 9.13. The van der Waals surface area contributed by atoms with Crippen LogP contribution in [-0.4, -0.2) is 19.5 Å². The topological polar surface area (TPSA) is 41.1 Å². The first-order valence-corrected chi connectivity index (χ1v) is 7.16. The second kappa shape index (κ2) is 8.57. The van der Waals surface area contributed by atoms with Crippen molar-refractivity contribution < 1.29 is 4.79 Å². The SMILES string of the molecule is CNc1ccccc1CCCC(=O)NCCC(C)C. The maximum atomic E-state index is 11.6. The Morgan fingerprint density at radius 2 is 2.00 bits per heavy atom. The highest BCUT2D eigenvalue weighted by Crippen LogP contribution is 2.16. The lowest BCUT2D eigenvalue weighted by atomic mass is 10.1. The van der Waals surface area contributed by atoms with Crippen LogP contribution in [0.1, 0.15) is 38.7 Å². The van der Waals surface area contributed by atoms with E-state index in [1.54, 1.807) is 0 Å². The summed E-state index contributed by atoms with van der Waals surface area (Å²) in [6, 6.07) is 8.24. The van der Waals surface area contributed by atoms with E-state index in [1.165, 1.54) is 5.56 Å². The number of hydrogen-bond acceptors (Lipinski definition) is 2. The molecule has 1 aromatic carbocycles. The van der Waals surface area contributed by atoms with Crippen LogP contribution in [0.2, 0.25) is 0 Å². The molecular weight excluding hydrogens is 236 g/mol. The molecule has 0 aliphatic carbocycles. The zero-order valence-corrected chi connectivity index (χ0v) is 12.3. The van der Waals surface area contributed by atoms with Gasteiger partial charge in [-0.1, -0.05) is 32.0 Å². The van der Waals surface area contributed by atoms with Gasteiger partial charge < -0.3 is 10.6 Å². The summed E-state index contributed by atoms with van der Waals surface area (Å²) >= 11 is 0. The maximum absolute atomic E-state index is 11.6. The number of rotatable bonds is 8. The van der Waals surface area contributed by atoms with Crippen molar-refractivity contribution in [3.63, 3.8) is 0 Å². The van der Waals surface area contributed by atoms with E-state index in [0.29, 0.717) is 12.3 Å². The molecule has 0 radical (unpaired) electrons. The number of carbonyl (C=O) groups excluding carboxylic acids is 1. The number of hydrogen-bond donors (Lipinski definition) is 2. The van der Waals surface area contributed by atoms with E-state index in [1.807, 2.05) is 19.2 Å². The molecule has 1 amide bonds. The number of para-hydroxylation sites is 1. The molecule has 106 valence electrons. The summed E-state index contributed by atoms with van der Waals surface area (Å²) in [4.78, 5) is 11.6. The van der Waals surface area contributed by atoms with Crippen molar-refractivity contribution in [3.8, 4) is 0 Å². The summed E-state index contributed by atoms with van der Waals surface area (Å²) in [6.45, 7) is 5.13. The Hall–Kier alpha value is -1.51. The molecule has 0 aliphatic heterocycles. The summed E-state index contributed by atoms with van der Waals surface area (Å²) < 4.78 is 0. The van der Waals surface area contributed by atoms with E-state index in [2.05, 4.69) is 36.6 Å². The lowest BCUT2D eigenvalue weighted by Gasteiger charge is -2.09. The molecule has 0 saturated carbocycles. The number of anilines is 1. The highest BCUT2D eigenvalue weighted by atomic mass is 16.1. The Labute approximate surface area is 116 Å². The largest absolute Gasteiger partial charge is 0.388 e. The molecule has 3 nitrogen and oxygen atoms in total. The van der Waals surface area contributed by atoms with Crippen LogP contribution in [-0.2, 0) is 11.2 Å². The van der Waals surface area contributed by atoms with Crippen LogP contribution >= 0.6 is 0 Å². The lowest BCUT2D eigenvalue weighted by Crippen LogP contribution is -2.25. The predicted molar refractivity (Wildman–Crippen MR) is 81.4 cm³/mol. The second-order valence-electron chi connectivity index (χ2n) is 5.29. The molecule has 0 heterocycles. The molecule has 0 aromatic heterocycles. The Balaban J connectivity index is 2.24. The van der Waals surface area contributed by atoms with Gasteiger partial charge in [0.15, 0.2) is 0 Å². The molecule has 0 saturated heterocycles. The molecular formula is C16H26N2O. The first-order valence-electron chi connectivity index (χ1n) is 7.16. The van der Waals surface area contributed by atoms with Crippen molar-refractivity contribution in [2.24, 2.45) is 5.92 Å². The van der Waals surface area contributed by atoms with Gasteiger partial charge in [-0.05, 0) is 36.8 Å². The Morgan fingerprint density at radius 1 is 1.26 bits per heavy atom. The van der Waals surface area contributed by atoms with Gasteiger partial charge in [-0.3, -0.25) is 4.79 Å². The summed E-state index contributed by atoms with van der Waals surface area (Å²) in [6.07, 6.45) is 3.49. The number of nitrogens with one attached hydrogen (secondary N) is 2. The van der Waals surface area contributed by atoms with Crippen molar-refractivity contribution in [1.82, 2.24) is 5.32 Å². The van der Waals surface area contributed by atoms with E-state index >= 15 is 0 Å². The average molecular weight is 262 g/mol. The number of carbonyl (C=O) groups is 1. The standard InChI is InChI=1S/C16H26N2O/c1-13(2)11-12-18-16(19)10-6-8-14-7-4-5-9-15(14)17-3/h4-5,7,9,13,17H,6,8,10-12H2,1-3H3,(H,18,19). The van der Waals surface area contributed by atoms with E-state index in [-0.39, 0.29) is 5.91 Å². The van der Waals surface area contributed by atoms with Gasteiger partial charge in [-0.25, -0.2) is 0 Å². The quantitative estimate of drug-likeness (QED) is 0.755. The first kappa shape index (κ1) is 15.5. The van der Waals surface area contributed by atoms with Gasteiger partial charge in [0.05, 0.1) is 0 Å². The molecule has 0 atom stereocenters. The number of benzene rings is 1. The van der Waals surface area contributed by atoms with Gasteiger partial charge in [0, 0.05) is 25.7 Å². The van der Waals surface area contributed by atoms with Crippen LogP contribution in [0.15, 0.2) is 24.3 Å². The van der Waals surface area contributed by atoms with Crippen molar-refractivity contribution >= 4 is 11.6 Å². The summed E-state index contributed by atoms with van der Waals surface area (Å²) in [5.74, 6) is 0.811. The van der Waals surface area contributed by atoms with Crippen LogP contribution in [0.5, 0.6) is 0 Å². The van der Waals surface area contributed by atoms with Crippen LogP contribution < -0.4 is 10.6 Å². The fourth-order valence-electron chi connectivity index (χ4n) is 2.01. The van der Waals surface area contributed by atoms with Crippen molar-refractivity contribution in [2.75, 3.05) is 18.9 Å². The number of amides is 1. The highest BCUT2D eigenvalue weighted by molar-refractivity contribution is 5.75. The fraction of sp³-hybridized carbons (Fsp3) is 0.562. The van der Waals surface area contributed by atoms with Crippen LogP contribution in [0, 0.1) is 5.92 Å². The normalized spacial score (nSPS) is 10.5. The smallest absolute Gasteiger partial charge is 0.220 e. The van der Waals surface area contributed by atoms with Gasteiger partial charge in [-0.2, -0.15) is 0 Å². The monoisotopic (exact) mass is 262 g/mol. The molecule has 1 aromatic rings. The highest BCUT2D eigenvalue weighted by Gasteiger charge is 2.04. The molecule has 3 heteroatoms. The summed E-state index contributed by atoms with van der Waals surface area (Å²) in [7, 11) is 1.93. The minimum absolute atomic E-state index is 0.169. The van der Waals surface area contributed by atoms with Crippen molar-refractivity contribution in [3.05, 3.63) is 29.8 Å². The van der Waals surface area contributed by atoms with E-state index in [0.717, 1.165) is 31.5 Å². The zero-order valence-electron chi connectivity index (χ0n) is 12.3. The fourth-order valence-corrected chi connectivity index (χ4v) is 2.01.